The molecule has 1 saturated heterocycles. The first kappa shape index (κ1) is 20.5. The van der Waals surface area contributed by atoms with Gasteiger partial charge in [0.1, 0.15) is 18.1 Å². The van der Waals surface area contributed by atoms with Crippen LogP contribution in [0, 0.1) is 0 Å². The molecule has 1 fully saturated rings. The predicted molar refractivity (Wildman–Crippen MR) is 120 cm³/mol. The number of aromatic nitrogens is 2. The normalized spacial score (nSPS) is 18.3. The molecule has 0 bridgehead atoms. The molecule has 0 spiro atoms. The number of hydrogen-bond acceptors (Lipinski definition) is 5. The second-order valence-electron chi connectivity index (χ2n) is 7.97. The number of hydrogen-bond donors (Lipinski definition) is 0. The van der Waals surface area contributed by atoms with E-state index in [-0.39, 0.29) is 24.9 Å². The third-order valence-electron chi connectivity index (χ3n) is 6.02. The fraction of sp³-hybridized carbons (Fsp3) is 0.375. The summed E-state index contributed by atoms with van der Waals surface area (Å²) in [6, 6.07) is 15.2. The van der Waals surface area contributed by atoms with Gasteiger partial charge in [0.25, 0.3) is 5.91 Å². The Morgan fingerprint density at radius 3 is 2.62 bits per heavy atom. The summed E-state index contributed by atoms with van der Waals surface area (Å²) in [6.45, 7) is 4.47. The highest BCUT2D eigenvalue weighted by Crippen LogP contribution is 2.34. The fourth-order valence-electron chi connectivity index (χ4n) is 4.38. The molecule has 8 nitrogen and oxygen atoms in total. The van der Waals surface area contributed by atoms with Crippen LogP contribution in [0.25, 0.3) is 11.0 Å². The van der Waals surface area contributed by atoms with E-state index in [2.05, 4.69) is 4.98 Å². The molecule has 2 aromatic carbocycles. The fourth-order valence-corrected chi connectivity index (χ4v) is 4.38. The number of aryl methyl sites for hydroxylation is 1. The van der Waals surface area contributed by atoms with Crippen molar-refractivity contribution < 1.29 is 19.1 Å². The first-order chi connectivity index (χ1) is 15.7. The Hall–Kier alpha value is -3.39. The Bertz CT molecular complexity index is 1150. The van der Waals surface area contributed by atoms with Crippen molar-refractivity contribution in [1.82, 2.24) is 14.5 Å². The molecule has 32 heavy (non-hydrogen) atoms. The first-order valence-electron chi connectivity index (χ1n) is 11.0. The van der Waals surface area contributed by atoms with Gasteiger partial charge in [-0.15, -0.1) is 0 Å². The summed E-state index contributed by atoms with van der Waals surface area (Å²) in [6.07, 6.45) is -0.0167. The van der Waals surface area contributed by atoms with Gasteiger partial charge in [0, 0.05) is 19.5 Å². The van der Waals surface area contributed by atoms with Gasteiger partial charge in [-0.3, -0.25) is 9.59 Å². The second kappa shape index (κ2) is 8.63. The van der Waals surface area contributed by atoms with Crippen LogP contribution in [-0.2, 0) is 27.3 Å². The zero-order valence-electron chi connectivity index (χ0n) is 18.1. The lowest BCUT2D eigenvalue weighted by atomic mass is 10.1. The second-order valence-corrected chi connectivity index (χ2v) is 7.97. The van der Waals surface area contributed by atoms with Crippen LogP contribution in [-0.4, -0.2) is 65.2 Å². The van der Waals surface area contributed by atoms with Gasteiger partial charge >= 0.3 is 0 Å². The van der Waals surface area contributed by atoms with Crippen molar-refractivity contribution >= 4 is 28.5 Å². The lowest BCUT2D eigenvalue weighted by Gasteiger charge is -2.37. The molecule has 0 aliphatic carbocycles. The van der Waals surface area contributed by atoms with Crippen molar-refractivity contribution in [3.63, 3.8) is 0 Å². The average Bonchev–Trinajstić information content (AvgIpc) is 3.20. The lowest BCUT2D eigenvalue weighted by molar-refractivity contribution is -0.142. The molecule has 3 aromatic rings. The number of fused-ring (bicyclic) bond motifs is 2. The van der Waals surface area contributed by atoms with Gasteiger partial charge in [0.15, 0.2) is 6.10 Å². The van der Waals surface area contributed by atoms with Gasteiger partial charge in [-0.2, -0.15) is 0 Å². The summed E-state index contributed by atoms with van der Waals surface area (Å²) in [5.74, 6) is 1.20. The van der Waals surface area contributed by atoms with Crippen LogP contribution in [0.4, 0.5) is 5.69 Å². The quantitative estimate of drug-likeness (QED) is 0.630. The Kier molecular flexibility index (Phi) is 5.53. The van der Waals surface area contributed by atoms with Crippen molar-refractivity contribution in [2.24, 2.45) is 0 Å². The maximum atomic E-state index is 13.6. The zero-order chi connectivity index (χ0) is 22.1. The summed E-state index contributed by atoms with van der Waals surface area (Å²) in [5, 5.41) is 0. The Labute approximate surface area is 186 Å². The Morgan fingerprint density at radius 1 is 1.06 bits per heavy atom. The largest absolute Gasteiger partial charge is 0.476 e. The lowest BCUT2D eigenvalue weighted by Crippen LogP contribution is -2.54. The molecular formula is C24H26N4O4. The molecular weight excluding hydrogens is 408 g/mol. The van der Waals surface area contributed by atoms with Gasteiger partial charge in [-0.05, 0) is 24.3 Å². The molecule has 166 valence electrons. The number of carbonyl (C=O) groups is 2. The number of carbonyl (C=O) groups excluding carboxylic acids is 2. The number of ether oxygens (including phenoxy) is 2. The van der Waals surface area contributed by atoms with Crippen molar-refractivity contribution in [2.75, 3.05) is 37.7 Å². The van der Waals surface area contributed by atoms with Gasteiger partial charge in [-0.1, -0.05) is 31.2 Å². The number of benzene rings is 2. The van der Waals surface area contributed by atoms with Crippen molar-refractivity contribution in [3.05, 3.63) is 54.4 Å². The minimum absolute atomic E-state index is 0.0987. The molecule has 0 saturated carbocycles. The van der Waals surface area contributed by atoms with E-state index in [1.54, 1.807) is 15.9 Å². The van der Waals surface area contributed by atoms with E-state index in [0.717, 1.165) is 23.3 Å². The van der Waals surface area contributed by atoms with E-state index in [9.17, 15) is 9.59 Å². The number of nitrogens with zero attached hydrogens (tertiary/aromatic N) is 4. The maximum Gasteiger partial charge on any atom is 0.265 e. The standard InChI is InChI=1S/C24H26N4O4/c1-2-22-25-17-7-3-4-8-18(17)27(22)16-23(29)28-15-21(24(30)26-11-13-31-14-12-26)32-20-10-6-5-9-19(20)28/h3-10,21H,2,11-16H2,1H3/t21-/m0/s1. The first-order valence-corrected chi connectivity index (χ1v) is 11.0. The molecule has 0 radical (unpaired) electrons. The summed E-state index contributed by atoms with van der Waals surface area (Å²) in [5.41, 5.74) is 2.49. The van der Waals surface area contributed by atoms with Crippen molar-refractivity contribution in [3.8, 4) is 5.75 Å². The third-order valence-corrected chi connectivity index (χ3v) is 6.02. The molecule has 8 heteroatoms. The van der Waals surface area contributed by atoms with Crippen molar-refractivity contribution in [1.29, 1.82) is 0 Å². The van der Waals surface area contributed by atoms with E-state index in [1.807, 2.05) is 54.0 Å². The van der Waals surface area contributed by atoms with Crippen LogP contribution < -0.4 is 9.64 Å². The minimum Gasteiger partial charge on any atom is -0.476 e. The van der Waals surface area contributed by atoms with Crippen LogP contribution in [0.2, 0.25) is 0 Å². The van der Waals surface area contributed by atoms with Gasteiger partial charge in [0.2, 0.25) is 5.91 Å². The smallest absolute Gasteiger partial charge is 0.265 e. The third kappa shape index (κ3) is 3.71. The van der Waals surface area contributed by atoms with E-state index < -0.39 is 6.10 Å². The van der Waals surface area contributed by atoms with Crippen LogP contribution in [0.1, 0.15) is 12.7 Å². The summed E-state index contributed by atoms with van der Waals surface area (Å²) in [4.78, 5) is 34.8. The number of rotatable bonds is 4. The molecule has 5 rings (SSSR count). The van der Waals surface area contributed by atoms with Gasteiger partial charge < -0.3 is 23.8 Å². The molecule has 1 atom stereocenters. The van der Waals surface area contributed by atoms with E-state index in [0.29, 0.717) is 37.7 Å². The summed E-state index contributed by atoms with van der Waals surface area (Å²) >= 11 is 0. The van der Waals surface area contributed by atoms with Crippen molar-refractivity contribution in [2.45, 2.75) is 26.0 Å². The van der Waals surface area contributed by atoms with E-state index in [1.165, 1.54) is 0 Å². The number of morpholine rings is 1. The minimum atomic E-state index is -0.739. The molecule has 1 aromatic heterocycles. The molecule has 0 N–H and O–H groups in total. The summed E-state index contributed by atoms with van der Waals surface area (Å²) in [7, 11) is 0. The topological polar surface area (TPSA) is 76.9 Å². The highest BCUT2D eigenvalue weighted by molar-refractivity contribution is 5.97. The van der Waals surface area contributed by atoms with E-state index in [4.69, 9.17) is 9.47 Å². The van der Waals surface area contributed by atoms with Crippen LogP contribution in [0.3, 0.4) is 0 Å². The van der Waals surface area contributed by atoms with Gasteiger partial charge in [0.05, 0.1) is 36.5 Å². The number of para-hydroxylation sites is 4. The predicted octanol–water partition coefficient (Wildman–Crippen LogP) is 2.25. The number of amides is 2. The highest BCUT2D eigenvalue weighted by Gasteiger charge is 2.36. The molecule has 2 aliphatic rings. The SMILES string of the molecule is CCc1nc2ccccc2n1CC(=O)N1C[C@@H](C(=O)N2CCOCC2)Oc2ccccc21. The molecule has 0 unspecified atom stereocenters. The highest BCUT2D eigenvalue weighted by atomic mass is 16.5. The zero-order valence-corrected chi connectivity index (χ0v) is 18.1. The van der Waals surface area contributed by atoms with Crippen LogP contribution in [0.5, 0.6) is 5.75 Å². The van der Waals surface area contributed by atoms with Crippen LogP contribution >= 0.6 is 0 Å². The molecule has 2 aliphatic heterocycles. The Balaban J connectivity index is 1.44. The molecule has 3 heterocycles. The van der Waals surface area contributed by atoms with Crippen LogP contribution in [0.15, 0.2) is 48.5 Å². The number of anilines is 1. The average molecular weight is 434 g/mol. The number of imidazole rings is 1. The summed E-state index contributed by atoms with van der Waals surface area (Å²) < 4.78 is 13.4. The maximum absolute atomic E-state index is 13.6. The monoisotopic (exact) mass is 434 g/mol. The van der Waals surface area contributed by atoms with E-state index >= 15 is 0 Å². The Morgan fingerprint density at radius 2 is 1.81 bits per heavy atom. The van der Waals surface area contributed by atoms with Gasteiger partial charge in [-0.25, -0.2) is 4.98 Å². The molecule has 2 amide bonds.